The van der Waals surface area contributed by atoms with Gasteiger partial charge in [0.15, 0.2) is 5.13 Å². The molecule has 0 bridgehead atoms. The third-order valence-corrected chi connectivity index (χ3v) is 6.27. The second-order valence-corrected chi connectivity index (χ2v) is 8.12. The maximum absolute atomic E-state index is 12.8. The molecule has 1 saturated carbocycles. The molecule has 30 heavy (non-hydrogen) atoms. The van der Waals surface area contributed by atoms with E-state index in [4.69, 9.17) is 0 Å². The van der Waals surface area contributed by atoms with Gasteiger partial charge < -0.3 is 5.32 Å². The molecule has 0 radical (unpaired) electrons. The zero-order chi connectivity index (χ0) is 22.0. The van der Waals surface area contributed by atoms with E-state index < -0.39 is 0 Å². The first-order valence-corrected chi connectivity index (χ1v) is 11.9. The van der Waals surface area contributed by atoms with Crippen molar-refractivity contribution in [3.05, 3.63) is 82.9 Å². The number of nitrogens with one attached hydrogen (secondary N) is 1. The highest BCUT2D eigenvalue weighted by Crippen LogP contribution is 2.49. The van der Waals surface area contributed by atoms with E-state index in [1.165, 1.54) is 10.4 Å². The Morgan fingerprint density at radius 1 is 1.00 bits per heavy atom. The molecule has 4 rings (SSSR count). The number of rotatable bonds is 6. The SMILES string of the molecule is CC.CC.CC(Cc1ccccc1)c1cnc(NC(=O)C2(c3ccccc3)CC2)s1. The van der Waals surface area contributed by atoms with Crippen molar-refractivity contribution in [1.82, 2.24) is 4.98 Å². The van der Waals surface area contributed by atoms with Crippen molar-refractivity contribution >= 4 is 22.4 Å². The minimum atomic E-state index is -0.358. The molecule has 3 nitrogen and oxygen atoms in total. The van der Waals surface area contributed by atoms with Crippen LogP contribution < -0.4 is 5.32 Å². The Balaban J connectivity index is 0.000000757. The van der Waals surface area contributed by atoms with E-state index in [1.807, 2.05) is 70.3 Å². The van der Waals surface area contributed by atoms with Gasteiger partial charge >= 0.3 is 0 Å². The Labute approximate surface area is 185 Å². The number of thiazole rings is 1. The number of nitrogens with zero attached hydrogens (tertiary/aromatic N) is 1. The van der Waals surface area contributed by atoms with Gasteiger partial charge in [-0.2, -0.15) is 0 Å². The van der Waals surface area contributed by atoms with Gasteiger partial charge in [0.05, 0.1) is 5.41 Å². The van der Waals surface area contributed by atoms with Crippen LogP contribution in [0.4, 0.5) is 5.13 Å². The van der Waals surface area contributed by atoms with E-state index in [2.05, 4.69) is 41.5 Å². The number of benzene rings is 2. The van der Waals surface area contributed by atoms with Gasteiger partial charge in [0.2, 0.25) is 5.91 Å². The molecule has 2 aromatic carbocycles. The van der Waals surface area contributed by atoms with Gasteiger partial charge in [-0.15, -0.1) is 11.3 Å². The normalized spacial score (nSPS) is 14.3. The van der Waals surface area contributed by atoms with Crippen LogP contribution in [-0.2, 0) is 16.6 Å². The molecule has 1 aromatic heterocycles. The molecule has 1 unspecified atom stereocenters. The summed E-state index contributed by atoms with van der Waals surface area (Å²) >= 11 is 1.58. The second kappa shape index (κ2) is 11.7. The number of hydrogen-bond donors (Lipinski definition) is 1. The van der Waals surface area contributed by atoms with Crippen LogP contribution >= 0.6 is 11.3 Å². The minimum Gasteiger partial charge on any atom is -0.301 e. The lowest BCUT2D eigenvalue weighted by atomic mass is 9.95. The zero-order valence-corrected chi connectivity index (χ0v) is 19.6. The average Bonchev–Trinajstić information content (AvgIpc) is 3.50. The molecule has 3 aromatic rings. The molecule has 4 heteroatoms. The van der Waals surface area contributed by atoms with Crippen molar-refractivity contribution in [2.24, 2.45) is 0 Å². The van der Waals surface area contributed by atoms with Crippen LogP contribution in [-0.4, -0.2) is 10.9 Å². The molecular formula is C26H34N2OS. The average molecular weight is 423 g/mol. The standard InChI is InChI=1S/C22H22N2OS.2C2H6/c1-16(14-17-8-4-2-5-9-17)19-15-23-21(26-19)24-20(25)22(12-13-22)18-10-6-3-7-11-18;2*1-2/h2-11,15-16H,12-14H2,1H3,(H,23,24,25);2*1-2H3. The lowest BCUT2D eigenvalue weighted by molar-refractivity contribution is -0.118. The van der Waals surface area contributed by atoms with Gasteiger partial charge in [0, 0.05) is 11.1 Å². The summed E-state index contributed by atoms with van der Waals surface area (Å²) in [5, 5.41) is 3.75. The molecule has 1 aliphatic rings. The van der Waals surface area contributed by atoms with Crippen LogP contribution in [0.5, 0.6) is 0 Å². The smallest absolute Gasteiger partial charge is 0.236 e. The maximum atomic E-state index is 12.8. The number of amides is 1. The van der Waals surface area contributed by atoms with Gasteiger partial charge in [0.1, 0.15) is 0 Å². The third-order valence-electron chi connectivity index (χ3n) is 5.13. The number of carbonyl (C=O) groups excluding carboxylic acids is 1. The molecule has 1 aliphatic carbocycles. The van der Waals surface area contributed by atoms with Crippen molar-refractivity contribution in [3.8, 4) is 0 Å². The Morgan fingerprint density at radius 3 is 2.13 bits per heavy atom. The van der Waals surface area contributed by atoms with Crippen LogP contribution in [0.3, 0.4) is 0 Å². The van der Waals surface area contributed by atoms with Crippen molar-refractivity contribution in [2.45, 2.75) is 65.2 Å². The lowest BCUT2D eigenvalue weighted by Gasteiger charge is -2.14. The zero-order valence-electron chi connectivity index (χ0n) is 18.8. The summed E-state index contributed by atoms with van der Waals surface area (Å²) in [5.74, 6) is 0.449. The summed E-state index contributed by atoms with van der Waals surface area (Å²) in [6.07, 6.45) is 4.69. The molecule has 0 spiro atoms. The fourth-order valence-corrected chi connectivity index (χ4v) is 4.25. The summed E-state index contributed by atoms with van der Waals surface area (Å²) in [5.41, 5.74) is 2.06. The van der Waals surface area contributed by atoms with Crippen molar-refractivity contribution in [3.63, 3.8) is 0 Å². The maximum Gasteiger partial charge on any atom is 0.236 e. The van der Waals surface area contributed by atoms with E-state index in [-0.39, 0.29) is 11.3 Å². The Kier molecular flexibility index (Phi) is 9.25. The number of hydrogen-bond acceptors (Lipinski definition) is 3. The highest BCUT2D eigenvalue weighted by molar-refractivity contribution is 7.15. The molecule has 160 valence electrons. The first-order chi connectivity index (χ1) is 14.7. The Bertz CT molecular complexity index is 886. The predicted molar refractivity (Wildman–Crippen MR) is 129 cm³/mol. The van der Waals surface area contributed by atoms with E-state index >= 15 is 0 Å². The summed E-state index contributed by atoms with van der Waals surface area (Å²) in [6, 6.07) is 20.5. The van der Waals surface area contributed by atoms with Crippen molar-refractivity contribution in [1.29, 1.82) is 0 Å². The molecule has 1 heterocycles. The van der Waals surface area contributed by atoms with E-state index in [0.29, 0.717) is 11.0 Å². The minimum absolute atomic E-state index is 0.0697. The molecule has 0 saturated heterocycles. The molecule has 1 amide bonds. The van der Waals surface area contributed by atoms with Crippen LogP contribution in [0.1, 0.15) is 69.4 Å². The Morgan fingerprint density at radius 2 is 1.57 bits per heavy atom. The quantitative estimate of drug-likeness (QED) is 0.456. The van der Waals surface area contributed by atoms with Crippen molar-refractivity contribution < 1.29 is 4.79 Å². The van der Waals surface area contributed by atoms with Crippen LogP contribution in [0.15, 0.2) is 66.9 Å². The topological polar surface area (TPSA) is 42.0 Å². The first kappa shape index (κ1) is 23.8. The monoisotopic (exact) mass is 422 g/mol. The fraction of sp³-hybridized carbons (Fsp3) is 0.385. The van der Waals surface area contributed by atoms with Gasteiger partial charge in [-0.3, -0.25) is 4.79 Å². The third kappa shape index (κ3) is 5.79. The van der Waals surface area contributed by atoms with E-state index in [1.54, 1.807) is 11.3 Å². The molecule has 1 atom stereocenters. The lowest BCUT2D eigenvalue weighted by Crippen LogP contribution is -2.27. The van der Waals surface area contributed by atoms with Crippen LogP contribution in [0.2, 0.25) is 0 Å². The largest absolute Gasteiger partial charge is 0.301 e. The Hall–Kier alpha value is -2.46. The molecule has 1 N–H and O–H groups in total. The van der Waals surface area contributed by atoms with Gasteiger partial charge in [-0.25, -0.2) is 4.98 Å². The predicted octanol–water partition coefficient (Wildman–Crippen LogP) is 7.21. The highest BCUT2D eigenvalue weighted by Gasteiger charge is 2.51. The summed E-state index contributed by atoms with van der Waals surface area (Å²) in [7, 11) is 0. The summed E-state index contributed by atoms with van der Waals surface area (Å²) < 4.78 is 0. The van der Waals surface area contributed by atoms with Gasteiger partial charge in [0.25, 0.3) is 0 Å². The van der Waals surface area contributed by atoms with Crippen molar-refractivity contribution in [2.75, 3.05) is 5.32 Å². The second-order valence-electron chi connectivity index (χ2n) is 7.06. The number of anilines is 1. The number of carbonyl (C=O) groups is 1. The van der Waals surface area contributed by atoms with Gasteiger partial charge in [-0.05, 0) is 36.3 Å². The molecule has 1 fully saturated rings. The molecular weight excluding hydrogens is 388 g/mol. The van der Waals surface area contributed by atoms with E-state index in [0.717, 1.165) is 24.8 Å². The molecule has 0 aliphatic heterocycles. The van der Waals surface area contributed by atoms with Crippen LogP contribution in [0, 0.1) is 0 Å². The fourth-order valence-electron chi connectivity index (χ4n) is 3.39. The summed E-state index contributed by atoms with van der Waals surface area (Å²) in [6.45, 7) is 10.2. The van der Waals surface area contributed by atoms with Crippen LogP contribution in [0.25, 0.3) is 0 Å². The van der Waals surface area contributed by atoms with Gasteiger partial charge in [-0.1, -0.05) is 95.3 Å². The summed E-state index contributed by atoms with van der Waals surface area (Å²) in [4.78, 5) is 18.5. The number of aromatic nitrogens is 1. The van der Waals surface area contributed by atoms with E-state index in [9.17, 15) is 4.79 Å². The first-order valence-electron chi connectivity index (χ1n) is 11.0. The highest BCUT2D eigenvalue weighted by atomic mass is 32.1.